The van der Waals surface area contributed by atoms with Crippen molar-refractivity contribution in [3.05, 3.63) is 36.2 Å². The second kappa shape index (κ2) is 3.30. The fourth-order valence-electron chi connectivity index (χ4n) is 1.72. The fraction of sp³-hybridized carbons (Fsp3) is 0.273. The van der Waals surface area contributed by atoms with Gasteiger partial charge in [-0.2, -0.15) is 5.10 Å². The molecule has 0 aliphatic heterocycles. The van der Waals surface area contributed by atoms with Crippen LogP contribution in [-0.4, -0.2) is 19.9 Å². The molecule has 1 aromatic heterocycles. The van der Waals surface area contributed by atoms with E-state index in [0.717, 1.165) is 18.7 Å². The minimum Gasteiger partial charge on any atom is -0.506 e. The lowest BCUT2D eigenvalue weighted by Crippen LogP contribution is -2.02. The molecule has 5 heteroatoms. The third-order valence-electron chi connectivity index (χ3n) is 2.68. The maximum atomic E-state index is 13.1. The zero-order chi connectivity index (χ0) is 11.1. The van der Waals surface area contributed by atoms with E-state index in [2.05, 4.69) is 10.1 Å². The van der Waals surface area contributed by atoms with Crippen LogP contribution in [0.4, 0.5) is 4.39 Å². The van der Waals surface area contributed by atoms with Crippen molar-refractivity contribution in [1.82, 2.24) is 14.8 Å². The summed E-state index contributed by atoms with van der Waals surface area (Å²) in [6.45, 7) is 0. The summed E-state index contributed by atoms with van der Waals surface area (Å²) in [5, 5.41) is 13.7. The van der Waals surface area contributed by atoms with E-state index < -0.39 is 5.82 Å². The molecular formula is C11H10FN3O. The zero-order valence-electron chi connectivity index (χ0n) is 8.47. The number of hydrogen-bond acceptors (Lipinski definition) is 3. The van der Waals surface area contributed by atoms with Gasteiger partial charge in [0.15, 0.2) is 0 Å². The first kappa shape index (κ1) is 9.33. The van der Waals surface area contributed by atoms with Crippen LogP contribution in [0.25, 0.3) is 5.69 Å². The van der Waals surface area contributed by atoms with Gasteiger partial charge in [0.2, 0.25) is 0 Å². The molecule has 16 heavy (non-hydrogen) atoms. The number of phenolic OH excluding ortho intramolecular Hbond substituents is 1. The number of nitrogens with zero attached hydrogens (tertiary/aromatic N) is 3. The Bertz CT molecular complexity index is 534. The van der Waals surface area contributed by atoms with Crippen molar-refractivity contribution in [3.8, 4) is 11.4 Å². The van der Waals surface area contributed by atoms with Gasteiger partial charge in [0.25, 0.3) is 0 Å². The second-order valence-corrected chi connectivity index (χ2v) is 3.94. The van der Waals surface area contributed by atoms with E-state index >= 15 is 0 Å². The number of aromatic hydroxyl groups is 1. The predicted octanol–water partition coefficient (Wildman–Crippen LogP) is 1.99. The molecule has 1 heterocycles. The highest BCUT2D eigenvalue weighted by atomic mass is 19.1. The molecule has 0 saturated heterocycles. The lowest BCUT2D eigenvalue weighted by atomic mass is 10.2. The smallest absolute Gasteiger partial charge is 0.141 e. The molecule has 0 bridgehead atoms. The quantitative estimate of drug-likeness (QED) is 0.840. The molecule has 3 rings (SSSR count). The minimum absolute atomic E-state index is 0.00815. The van der Waals surface area contributed by atoms with Crippen LogP contribution in [0, 0.1) is 5.82 Å². The molecular weight excluding hydrogens is 209 g/mol. The SMILES string of the molecule is Oc1ccc(F)cc1-n1ncnc1C1CC1. The van der Waals surface area contributed by atoms with Crippen LogP contribution in [0.15, 0.2) is 24.5 Å². The van der Waals surface area contributed by atoms with Gasteiger partial charge in [-0.1, -0.05) is 0 Å². The summed E-state index contributed by atoms with van der Waals surface area (Å²) in [4.78, 5) is 4.14. The maximum Gasteiger partial charge on any atom is 0.141 e. The Morgan fingerprint density at radius 1 is 1.38 bits per heavy atom. The Balaban J connectivity index is 2.13. The Kier molecular flexibility index (Phi) is 1.92. The van der Waals surface area contributed by atoms with Gasteiger partial charge >= 0.3 is 0 Å². The Labute approximate surface area is 91.4 Å². The fourth-order valence-corrected chi connectivity index (χ4v) is 1.72. The number of halogens is 1. The Morgan fingerprint density at radius 3 is 2.94 bits per heavy atom. The maximum absolute atomic E-state index is 13.1. The first-order valence-electron chi connectivity index (χ1n) is 5.14. The highest BCUT2D eigenvalue weighted by Crippen LogP contribution is 2.40. The van der Waals surface area contributed by atoms with Crippen LogP contribution in [0.2, 0.25) is 0 Å². The van der Waals surface area contributed by atoms with E-state index in [1.807, 2.05) is 0 Å². The second-order valence-electron chi connectivity index (χ2n) is 3.94. The molecule has 82 valence electrons. The zero-order valence-corrected chi connectivity index (χ0v) is 8.47. The van der Waals surface area contributed by atoms with Crippen molar-refractivity contribution in [2.24, 2.45) is 0 Å². The van der Waals surface area contributed by atoms with E-state index in [1.54, 1.807) is 0 Å². The molecule has 1 saturated carbocycles. The minimum atomic E-state index is -0.398. The standard InChI is InChI=1S/C11H10FN3O/c12-8-3-4-10(16)9(5-8)15-11(7-1-2-7)13-6-14-15/h3-7,16H,1-2H2. The van der Waals surface area contributed by atoms with Crippen LogP contribution >= 0.6 is 0 Å². The first-order chi connectivity index (χ1) is 7.75. The number of phenols is 1. The van der Waals surface area contributed by atoms with Gasteiger partial charge in [-0.15, -0.1) is 0 Å². The van der Waals surface area contributed by atoms with E-state index in [1.165, 1.54) is 29.2 Å². The summed E-state index contributed by atoms with van der Waals surface area (Å²) in [6, 6.07) is 3.80. The van der Waals surface area contributed by atoms with Crippen molar-refractivity contribution in [3.63, 3.8) is 0 Å². The number of aromatic nitrogens is 3. The molecule has 4 nitrogen and oxygen atoms in total. The summed E-state index contributed by atoms with van der Waals surface area (Å²) in [5.74, 6) is 0.796. The van der Waals surface area contributed by atoms with Gasteiger partial charge in [-0.3, -0.25) is 0 Å². The molecule has 1 aromatic carbocycles. The molecule has 0 unspecified atom stereocenters. The summed E-state index contributed by atoms with van der Waals surface area (Å²) < 4.78 is 14.6. The molecule has 0 radical (unpaired) electrons. The molecule has 1 N–H and O–H groups in total. The van der Waals surface area contributed by atoms with Gasteiger partial charge in [-0.05, 0) is 25.0 Å². The summed E-state index contributed by atoms with van der Waals surface area (Å²) in [7, 11) is 0. The largest absolute Gasteiger partial charge is 0.506 e. The molecule has 0 atom stereocenters. The van der Waals surface area contributed by atoms with Gasteiger partial charge < -0.3 is 5.11 Å². The normalized spacial score (nSPS) is 15.3. The van der Waals surface area contributed by atoms with Crippen molar-refractivity contribution in [2.75, 3.05) is 0 Å². The van der Waals surface area contributed by atoms with Crippen LogP contribution in [0.5, 0.6) is 5.75 Å². The Hall–Kier alpha value is -1.91. The molecule has 2 aromatic rings. The average molecular weight is 219 g/mol. The molecule has 1 fully saturated rings. The monoisotopic (exact) mass is 219 g/mol. The van der Waals surface area contributed by atoms with Crippen LogP contribution in [0.1, 0.15) is 24.6 Å². The molecule has 0 spiro atoms. The van der Waals surface area contributed by atoms with E-state index in [0.29, 0.717) is 11.6 Å². The van der Waals surface area contributed by atoms with Crippen molar-refractivity contribution in [2.45, 2.75) is 18.8 Å². The topological polar surface area (TPSA) is 50.9 Å². The molecule has 1 aliphatic rings. The van der Waals surface area contributed by atoms with Crippen LogP contribution < -0.4 is 0 Å². The highest BCUT2D eigenvalue weighted by Gasteiger charge is 2.29. The lowest BCUT2D eigenvalue weighted by molar-refractivity contribution is 0.467. The van der Waals surface area contributed by atoms with Crippen molar-refractivity contribution >= 4 is 0 Å². The third-order valence-corrected chi connectivity index (χ3v) is 2.68. The number of rotatable bonds is 2. The summed E-state index contributed by atoms with van der Waals surface area (Å²) >= 11 is 0. The van der Waals surface area contributed by atoms with Crippen LogP contribution in [-0.2, 0) is 0 Å². The average Bonchev–Trinajstić information content (AvgIpc) is 3.01. The first-order valence-corrected chi connectivity index (χ1v) is 5.14. The predicted molar refractivity (Wildman–Crippen MR) is 55.0 cm³/mol. The van der Waals surface area contributed by atoms with E-state index in [-0.39, 0.29) is 5.75 Å². The van der Waals surface area contributed by atoms with Gasteiger partial charge in [0, 0.05) is 12.0 Å². The Morgan fingerprint density at radius 2 is 2.19 bits per heavy atom. The summed E-state index contributed by atoms with van der Waals surface area (Å²) in [5.41, 5.74) is 0.347. The van der Waals surface area contributed by atoms with Crippen molar-refractivity contribution < 1.29 is 9.50 Å². The number of hydrogen-bond donors (Lipinski definition) is 1. The highest BCUT2D eigenvalue weighted by molar-refractivity contribution is 5.46. The third kappa shape index (κ3) is 1.44. The van der Waals surface area contributed by atoms with Crippen LogP contribution in [0.3, 0.4) is 0 Å². The lowest BCUT2D eigenvalue weighted by Gasteiger charge is -2.07. The van der Waals surface area contributed by atoms with Gasteiger partial charge in [0.05, 0.1) is 0 Å². The summed E-state index contributed by atoms with van der Waals surface area (Å²) in [6.07, 6.45) is 3.58. The number of benzene rings is 1. The molecule has 0 amide bonds. The van der Waals surface area contributed by atoms with Crippen molar-refractivity contribution in [1.29, 1.82) is 0 Å². The van der Waals surface area contributed by atoms with E-state index in [9.17, 15) is 9.50 Å². The van der Waals surface area contributed by atoms with E-state index in [4.69, 9.17) is 0 Å². The molecule has 1 aliphatic carbocycles. The van der Waals surface area contributed by atoms with Gasteiger partial charge in [0.1, 0.15) is 29.4 Å². The van der Waals surface area contributed by atoms with Gasteiger partial charge in [-0.25, -0.2) is 14.1 Å².